The zero-order valence-electron chi connectivity index (χ0n) is 12.2. The number of carbonyl (C=O) groups excluding carboxylic acids is 1. The van der Waals surface area contributed by atoms with Crippen LogP contribution in [0.25, 0.3) is 0 Å². The van der Waals surface area contributed by atoms with Crippen LogP contribution in [-0.2, 0) is 4.79 Å². The van der Waals surface area contributed by atoms with Gasteiger partial charge in [-0.25, -0.2) is 0 Å². The Morgan fingerprint density at radius 1 is 1.20 bits per heavy atom. The van der Waals surface area contributed by atoms with Gasteiger partial charge in [0.15, 0.2) is 11.5 Å². The summed E-state index contributed by atoms with van der Waals surface area (Å²) >= 11 is 0. The van der Waals surface area contributed by atoms with Crippen LogP contribution in [0, 0.1) is 5.92 Å². The summed E-state index contributed by atoms with van der Waals surface area (Å²) in [5, 5.41) is 2.97. The van der Waals surface area contributed by atoms with E-state index in [-0.39, 0.29) is 23.9 Å². The summed E-state index contributed by atoms with van der Waals surface area (Å²) in [6.07, 6.45) is 0. The summed E-state index contributed by atoms with van der Waals surface area (Å²) in [4.78, 5) is 12.0. The van der Waals surface area contributed by atoms with Gasteiger partial charge in [-0.2, -0.15) is 0 Å². The normalized spacial score (nSPS) is 18.0. The molecular weight excluding hydrogens is 256 g/mol. The number of rotatable bonds is 4. The van der Waals surface area contributed by atoms with Crippen molar-refractivity contribution in [3.8, 4) is 11.5 Å². The van der Waals surface area contributed by atoms with Crippen LogP contribution in [0.3, 0.4) is 0 Å². The predicted octanol–water partition coefficient (Wildman–Crippen LogP) is 1.62. The van der Waals surface area contributed by atoms with Crippen molar-refractivity contribution in [2.75, 3.05) is 13.2 Å². The van der Waals surface area contributed by atoms with Crippen LogP contribution < -0.4 is 20.5 Å². The van der Waals surface area contributed by atoms with E-state index in [0.29, 0.717) is 13.2 Å². The fraction of sp³-hybridized carbons (Fsp3) is 0.533. The van der Waals surface area contributed by atoms with Crippen LogP contribution in [0.15, 0.2) is 18.2 Å². The third-order valence-electron chi connectivity index (χ3n) is 3.63. The molecule has 0 radical (unpaired) electrons. The highest BCUT2D eigenvalue weighted by Crippen LogP contribution is 2.32. The molecule has 0 aliphatic carbocycles. The average Bonchev–Trinajstić information content (AvgIpc) is 2.45. The molecule has 1 aliphatic rings. The number of nitrogens with two attached hydrogens (primary N) is 1. The molecular formula is C15H22N2O3. The van der Waals surface area contributed by atoms with Crippen molar-refractivity contribution >= 4 is 5.91 Å². The van der Waals surface area contributed by atoms with Gasteiger partial charge in [0.25, 0.3) is 0 Å². The molecule has 0 saturated carbocycles. The molecule has 3 atom stereocenters. The molecule has 20 heavy (non-hydrogen) atoms. The quantitative estimate of drug-likeness (QED) is 0.877. The molecule has 0 saturated heterocycles. The molecule has 1 aromatic carbocycles. The number of benzene rings is 1. The van der Waals surface area contributed by atoms with E-state index in [1.54, 1.807) is 0 Å². The number of fused-ring (bicyclic) bond motifs is 1. The first-order valence-electron chi connectivity index (χ1n) is 6.94. The van der Waals surface area contributed by atoms with Crippen molar-refractivity contribution in [2.45, 2.75) is 32.9 Å². The van der Waals surface area contributed by atoms with Crippen LogP contribution in [0.2, 0.25) is 0 Å². The Hall–Kier alpha value is -1.75. The van der Waals surface area contributed by atoms with Crippen molar-refractivity contribution in [2.24, 2.45) is 11.7 Å². The standard InChI is InChI=1S/C15H22N2O3/c1-9(10(2)16)15(18)17-11(3)12-4-5-13-14(8-12)20-7-6-19-13/h4-5,8-11H,6-7,16H2,1-3H3,(H,17,18). The zero-order valence-corrected chi connectivity index (χ0v) is 12.2. The van der Waals surface area contributed by atoms with Crippen LogP contribution in [-0.4, -0.2) is 25.2 Å². The van der Waals surface area contributed by atoms with E-state index >= 15 is 0 Å². The Labute approximate surface area is 119 Å². The van der Waals surface area contributed by atoms with Gasteiger partial charge in [0.05, 0.1) is 6.04 Å². The highest BCUT2D eigenvalue weighted by atomic mass is 16.6. The molecule has 0 spiro atoms. The summed E-state index contributed by atoms with van der Waals surface area (Å²) in [7, 11) is 0. The van der Waals surface area contributed by atoms with Gasteiger partial charge < -0.3 is 20.5 Å². The molecule has 5 heteroatoms. The molecule has 1 heterocycles. The molecule has 0 bridgehead atoms. The van der Waals surface area contributed by atoms with Gasteiger partial charge >= 0.3 is 0 Å². The SMILES string of the molecule is CC(NC(=O)C(C)C(C)N)c1ccc2c(c1)OCCO2. The first-order valence-corrected chi connectivity index (χ1v) is 6.94. The smallest absolute Gasteiger partial charge is 0.224 e. The van der Waals surface area contributed by atoms with Gasteiger partial charge in [0.1, 0.15) is 13.2 Å². The Kier molecular flexibility index (Phi) is 4.49. The highest BCUT2D eigenvalue weighted by molar-refractivity contribution is 5.79. The lowest BCUT2D eigenvalue weighted by Gasteiger charge is -2.22. The first kappa shape index (κ1) is 14.7. The molecule has 5 nitrogen and oxygen atoms in total. The summed E-state index contributed by atoms with van der Waals surface area (Å²) in [6.45, 7) is 6.73. The molecule has 1 aromatic rings. The number of hydrogen-bond donors (Lipinski definition) is 2. The van der Waals surface area contributed by atoms with Gasteiger partial charge in [-0.3, -0.25) is 4.79 Å². The number of carbonyl (C=O) groups is 1. The molecule has 2 rings (SSSR count). The van der Waals surface area contributed by atoms with E-state index in [2.05, 4.69) is 5.32 Å². The molecule has 3 unspecified atom stereocenters. The van der Waals surface area contributed by atoms with E-state index in [4.69, 9.17) is 15.2 Å². The summed E-state index contributed by atoms with van der Waals surface area (Å²) in [5.41, 5.74) is 6.73. The second-order valence-electron chi connectivity index (χ2n) is 5.28. The van der Waals surface area contributed by atoms with Crippen molar-refractivity contribution in [1.82, 2.24) is 5.32 Å². The molecule has 1 aliphatic heterocycles. The maximum atomic E-state index is 12.0. The second kappa shape index (κ2) is 6.13. The predicted molar refractivity (Wildman–Crippen MR) is 76.8 cm³/mol. The van der Waals surface area contributed by atoms with E-state index < -0.39 is 0 Å². The topological polar surface area (TPSA) is 73.6 Å². The Morgan fingerprint density at radius 3 is 2.50 bits per heavy atom. The first-order chi connectivity index (χ1) is 9.49. The lowest BCUT2D eigenvalue weighted by atomic mass is 10.0. The van der Waals surface area contributed by atoms with Gasteiger partial charge in [0, 0.05) is 12.0 Å². The average molecular weight is 278 g/mol. The van der Waals surface area contributed by atoms with Crippen molar-refractivity contribution < 1.29 is 14.3 Å². The third kappa shape index (κ3) is 3.22. The fourth-order valence-corrected chi connectivity index (χ4v) is 2.00. The second-order valence-corrected chi connectivity index (χ2v) is 5.28. The highest BCUT2D eigenvalue weighted by Gasteiger charge is 2.20. The van der Waals surface area contributed by atoms with Crippen LogP contribution in [0.1, 0.15) is 32.4 Å². The van der Waals surface area contributed by atoms with Crippen molar-refractivity contribution in [3.63, 3.8) is 0 Å². The lowest BCUT2D eigenvalue weighted by Crippen LogP contribution is -2.39. The van der Waals surface area contributed by atoms with E-state index in [1.165, 1.54) is 0 Å². The lowest BCUT2D eigenvalue weighted by molar-refractivity contribution is -0.125. The minimum Gasteiger partial charge on any atom is -0.486 e. The van der Waals surface area contributed by atoms with E-state index in [0.717, 1.165) is 17.1 Å². The largest absolute Gasteiger partial charge is 0.486 e. The van der Waals surface area contributed by atoms with Crippen molar-refractivity contribution in [1.29, 1.82) is 0 Å². The Bertz CT molecular complexity index is 488. The number of hydrogen-bond acceptors (Lipinski definition) is 4. The molecule has 110 valence electrons. The Morgan fingerprint density at radius 2 is 1.85 bits per heavy atom. The minimum absolute atomic E-state index is 0.0395. The van der Waals surface area contributed by atoms with Crippen molar-refractivity contribution in [3.05, 3.63) is 23.8 Å². The third-order valence-corrected chi connectivity index (χ3v) is 3.63. The molecule has 0 fully saturated rings. The maximum Gasteiger partial charge on any atom is 0.224 e. The van der Waals surface area contributed by atoms with E-state index in [1.807, 2.05) is 39.0 Å². The van der Waals surface area contributed by atoms with Crippen LogP contribution in [0.4, 0.5) is 0 Å². The fourth-order valence-electron chi connectivity index (χ4n) is 2.00. The molecule has 3 N–H and O–H groups in total. The van der Waals surface area contributed by atoms with E-state index in [9.17, 15) is 4.79 Å². The van der Waals surface area contributed by atoms with Gasteiger partial charge in [-0.1, -0.05) is 13.0 Å². The van der Waals surface area contributed by atoms with Gasteiger partial charge in [-0.15, -0.1) is 0 Å². The summed E-state index contributed by atoms with van der Waals surface area (Å²) in [5.74, 6) is 1.23. The maximum absolute atomic E-state index is 12.0. The monoisotopic (exact) mass is 278 g/mol. The molecule has 1 amide bonds. The van der Waals surface area contributed by atoms with Gasteiger partial charge in [0.2, 0.25) is 5.91 Å². The van der Waals surface area contributed by atoms with Gasteiger partial charge in [-0.05, 0) is 31.5 Å². The number of ether oxygens (including phenoxy) is 2. The van der Waals surface area contributed by atoms with Crippen LogP contribution >= 0.6 is 0 Å². The number of nitrogens with one attached hydrogen (secondary N) is 1. The number of amides is 1. The van der Waals surface area contributed by atoms with Crippen LogP contribution in [0.5, 0.6) is 11.5 Å². The minimum atomic E-state index is -0.213. The summed E-state index contributed by atoms with van der Waals surface area (Å²) in [6, 6.07) is 5.47. The zero-order chi connectivity index (χ0) is 14.7. The summed E-state index contributed by atoms with van der Waals surface area (Å²) < 4.78 is 11.0. The molecule has 0 aromatic heterocycles. The Balaban J connectivity index is 2.06.